The zero-order valence-electron chi connectivity index (χ0n) is 13.9. The molecule has 6 nitrogen and oxygen atoms in total. The van der Waals surface area contributed by atoms with Gasteiger partial charge in [0.2, 0.25) is 5.91 Å². The number of aryl methyl sites for hydroxylation is 1. The molecule has 0 aliphatic carbocycles. The molecule has 0 saturated heterocycles. The van der Waals surface area contributed by atoms with E-state index < -0.39 is 6.04 Å². The van der Waals surface area contributed by atoms with Crippen LogP contribution in [-0.4, -0.2) is 24.7 Å². The number of aromatic nitrogens is 1. The van der Waals surface area contributed by atoms with Crippen LogP contribution in [0.15, 0.2) is 39.7 Å². The molecule has 7 heteroatoms. The number of benzene rings is 1. The second-order valence-corrected chi connectivity index (χ2v) is 6.17. The van der Waals surface area contributed by atoms with Crippen molar-refractivity contribution in [2.75, 3.05) is 19.5 Å². The van der Waals surface area contributed by atoms with Crippen molar-refractivity contribution < 1.29 is 14.3 Å². The summed E-state index contributed by atoms with van der Waals surface area (Å²) in [4.78, 5) is 24.7. The fraction of sp³-hybridized carbons (Fsp3) is 0.294. The Morgan fingerprint density at radius 2 is 1.88 bits per heavy atom. The van der Waals surface area contributed by atoms with Crippen LogP contribution in [0.5, 0.6) is 11.5 Å². The molecule has 0 aliphatic heterocycles. The molecule has 1 aromatic heterocycles. The van der Waals surface area contributed by atoms with Crippen molar-refractivity contribution in [1.82, 2.24) is 4.57 Å². The maximum atomic E-state index is 12.5. The van der Waals surface area contributed by atoms with Gasteiger partial charge < -0.3 is 19.4 Å². The third kappa shape index (κ3) is 3.79. The van der Waals surface area contributed by atoms with Gasteiger partial charge in [0.1, 0.15) is 6.04 Å². The molecule has 1 atom stereocenters. The Morgan fingerprint density at radius 3 is 2.50 bits per heavy atom. The molecule has 1 heterocycles. The quantitative estimate of drug-likeness (QED) is 0.845. The zero-order chi connectivity index (χ0) is 17.9. The van der Waals surface area contributed by atoms with Crippen molar-refractivity contribution in [3.63, 3.8) is 0 Å². The minimum absolute atomic E-state index is 0.254. The van der Waals surface area contributed by atoms with Gasteiger partial charge in [0.15, 0.2) is 11.5 Å². The van der Waals surface area contributed by atoms with Crippen LogP contribution in [0.25, 0.3) is 0 Å². The first-order valence-electron chi connectivity index (χ1n) is 7.28. The standard InChI is InChI=1S/C17H19BrN2O4/c1-10-7-13(18)17(22)20(9-10)11(2)16(21)19-12-5-6-14(23-3)15(8-12)24-4/h5-9,11H,1-4H3,(H,19,21). The summed E-state index contributed by atoms with van der Waals surface area (Å²) < 4.78 is 12.2. The monoisotopic (exact) mass is 394 g/mol. The third-order valence-corrected chi connectivity index (χ3v) is 4.15. The van der Waals surface area contributed by atoms with Crippen LogP contribution in [0, 0.1) is 6.92 Å². The first-order chi connectivity index (χ1) is 11.4. The number of halogens is 1. The van der Waals surface area contributed by atoms with E-state index in [1.807, 2.05) is 6.92 Å². The first-order valence-corrected chi connectivity index (χ1v) is 8.08. The van der Waals surface area contributed by atoms with Crippen LogP contribution in [0.3, 0.4) is 0 Å². The van der Waals surface area contributed by atoms with Crippen LogP contribution in [0.4, 0.5) is 5.69 Å². The van der Waals surface area contributed by atoms with Crippen molar-refractivity contribution in [3.05, 3.63) is 50.9 Å². The molecule has 1 N–H and O–H groups in total. The smallest absolute Gasteiger partial charge is 0.265 e. The molecule has 24 heavy (non-hydrogen) atoms. The molecule has 0 fully saturated rings. The highest BCUT2D eigenvalue weighted by atomic mass is 79.9. The second-order valence-electron chi connectivity index (χ2n) is 5.31. The Hall–Kier alpha value is -2.28. The highest BCUT2D eigenvalue weighted by Gasteiger charge is 2.18. The number of amides is 1. The summed E-state index contributed by atoms with van der Waals surface area (Å²) in [5.74, 6) is 0.780. The van der Waals surface area contributed by atoms with Gasteiger partial charge in [0, 0.05) is 18.0 Å². The van der Waals surface area contributed by atoms with Crippen molar-refractivity contribution in [2.45, 2.75) is 19.9 Å². The zero-order valence-corrected chi connectivity index (χ0v) is 15.5. The summed E-state index contributed by atoms with van der Waals surface area (Å²) >= 11 is 3.22. The minimum Gasteiger partial charge on any atom is -0.493 e. The van der Waals surface area contributed by atoms with Crippen LogP contribution in [0.1, 0.15) is 18.5 Å². The first kappa shape index (κ1) is 18.1. The SMILES string of the molecule is COc1ccc(NC(=O)C(C)n2cc(C)cc(Br)c2=O)cc1OC. The molecule has 0 aliphatic rings. The Balaban J connectivity index is 2.25. The van der Waals surface area contributed by atoms with Crippen LogP contribution >= 0.6 is 15.9 Å². The number of carbonyl (C=O) groups is 1. The Bertz CT molecular complexity index is 817. The largest absolute Gasteiger partial charge is 0.493 e. The molecular formula is C17H19BrN2O4. The lowest BCUT2D eigenvalue weighted by Gasteiger charge is -2.17. The van der Waals surface area contributed by atoms with E-state index in [1.54, 1.807) is 44.5 Å². The van der Waals surface area contributed by atoms with E-state index in [9.17, 15) is 9.59 Å². The van der Waals surface area contributed by atoms with Crippen molar-refractivity contribution in [1.29, 1.82) is 0 Å². The number of nitrogens with one attached hydrogen (secondary N) is 1. The van der Waals surface area contributed by atoms with E-state index in [0.717, 1.165) is 5.56 Å². The van der Waals surface area contributed by atoms with Gasteiger partial charge in [-0.25, -0.2) is 0 Å². The Kier molecular flexibility index (Phi) is 5.66. The molecule has 1 unspecified atom stereocenters. The molecule has 128 valence electrons. The predicted octanol–water partition coefficient (Wildman–Crippen LogP) is 3.14. The van der Waals surface area contributed by atoms with Crippen LogP contribution in [0.2, 0.25) is 0 Å². The van der Waals surface area contributed by atoms with Crippen molar-refractivity contribution in [3.8, 4) is 11.5 Å². The van der Waals surface area contributed by atoms with Crippen molar-refractivity contribution >= 4 is 27.5 Å². The minimum atomic E-state index is -0.665. The molecule has 1 amide bonds. The molecule has 1 aromatic carbocycles. The van der Waals surface area contributed by atoms with E-state index in [4.69, 9.17) is 9.47 Å². The lowest BCUT2D eigenvalue weighted by atomic mass is 10.2. The van der Waals surface area contributed by atoms with Crippen molar-refractivity contribution in [2.24, 2.45) is 0 Å². The predicted molar refractivity (Wildman–Crippen MR) is 96.0 cm³/mol. The number of rotatable bonds is 5. The average molecular weight is 395 g/mol. The summed E-state index contributed by atoms with van der Waals surface area (Å²) in [7, 11) is 3.07. The van der Waals surface area contributed by atoms with Gasteiger partial charge in [0.05, 0.1) is 18.7 Å². The van der Waals surface area contributed by atoms with Gasteiger partial charge >= 0.3 is 0 Å². The van der Waals surface area contributed by atoms with E-state index in [1.165, 1.54) is 11.7 Å². The number of hydrogen-bond acceptors (Lipinski definition) is 4. The fourth-order valence-corrected chi connectivity index (χ4v) is 2.84. The van der Waals surface area contributed by atoms with Gasteiger partial charge in [-0.1, -0.05) is 0 Å². The highest BCUT2D eigenvalue weighted by Crippen LogP contribution is 2.30. The van der Waals surface area contributed by atoms with Gasteiger partial charge in [-0.15, -0.1) is 0 Å². The average Bonchev–Trinajstić information content (AvgIpc) is 2.57. The number of ether oxygens (including phenoxy) is 2. The summed E-state index contributed by atoms with van der Waals surface area (Å²) in [6, 6.07) is 6.13. The van der Waals surface area contributed by atoms with Gasteiger partial charge in [0.25, 0.3) is 5.56 Å². The third-order valence-electron chi connectivity index (χ3n) is 3.58. The maximum Gasteiger partial charge on any atom is 0.265 e. The molecule has 2 aromatic rings. The molecule has 0 radical (unpaired) electrons. The van der Waals surface area contributed by atoms with Crippen LogP contribution in [-0.2, 0) is 4.79 Å². The molecular weight excluding hydrogens is 376 g/mol. The molecule has 0 saturated carbocycles. The summed E-state index contributed by atoms with van der Waals surface area (Å²) in [6.07, 6.45) is 1.66. The van der Waals surface area contributed by atoms with E-state index in [2.05, 4.69) is 21.2 Å². The Labute approximate surface area is 148 Å². The lowest BCUT2D eigenvalue weighted by molar-refractivity contribution is -0.118. The summed E-state index contributed by atoms with van der Waals surface area (Å²) in [5, 5.41) is 2.78. The summed E-state index contributed by atoms with van der Waals surface area (Å²) in [5.41, 5.74) is 1.19. The molecule has 0 bridgehead atoms. The molecule has 2 rings (SSSR count). The number of carbonyl (C=O) groups excluding carboxylic acids is 1. The van der Waals surface area contributed by atoms with E-state index >= 15 is 0 Å². The van der Waals surface area contributed by atoms with E-state index in [-0.39, 0.29) is 11.5 Å². The van der Waals surface area contributed by atoms with Gasteiger partial charge in [-0.3, -0.25) is 9.59 Å². The maximum absolute atomic E-state index is 12.5. The number of nitrogens with zero attached hydrogens (tertiary/aromatic N) is 1. The van der Waals surface area contributed by atoms with Crippen LogP contribution < -0.4 is 20.3 Å². The topological polar surface area (TPSA) is 69.6 Å². The Morgan fingerprint density at radius 1 is 1.21 bits per heavy atom. The van der Waals surface area contributed by atoms with Gasteiger partial charge in [-0.2, -0.15) is 0 Å². The van der Waals surface area contributed by atoms with E-state index in [0.29, 0.717) is 21.7 Å². The summed E-state index contributed by atoms with van der Waals surface area (Å²) in [6.45, 7) is 3.53. The molecule has 0 spiro atoms. The fourth-order valence-electron chi connectivity index (χ4n) is 2.27. The highest BCUT2D eigenvalue weighted by molar-refractivity contribution is 9.10. The second kappa shape index (κ2) is 7.53. The number of hydrogen-bond donors (Lipinski definition) is 1. The number of methoxy groups -OCH3 is 2. The lowest BCUT2D eigenvalue weighted by Crippen LogP contribution is -2.31. The number of anilines is 1. The van der Waals surface area contributed by atoms with Gasteiger partial charge in [-0.05, 0) is 53.5 Å². The number of pyridine rings is 1. The normalized spacial score (nSPS) is 11.7.